The van der Waals surface area contributed by atoms with Crippen molar-refractivity contribution in [3.05, 3.63) is 12.3 Å². The highest BCUT2D eigenvalue weighted by Gasteiger charge is 2.28. The molecule has 1 saturated carbocycles. The molecule has 4 rings (SSSR count). The summed E-state index contributed by atoms with van der Waals surface area (Å²) in [6, 6.07) is 3.37. The van der Waals surface area contributed by atoms with Crippen molar-refractivity contribution in [2.24, 2.45) is 0 Å². The first-order valence-corrected chi connectivity index (χ1v) is 12.5. The number of hydrogen-bond acceptors (Lipinski definition) is 5. The number of anilines is 2. The number of aromatic nitrogens is 2. The van der Waals surface area contributed by atoms with Gasteiger partial charge in [-0.25, -0.2) is 4.98 Å². The molecule has 2 saturated heterocycles. The Balaban J connectivity index is 1.30. The largest absolute Gasteiger partial charge is 0.356 e. The average molecular weight is 400 g/mol. The molecule has 3 aliphatic rings. The molecule has 5 heteroatoms. The molecule has 29 heavy (non-hydrogen) atoms. The number of likely N-dealkylation sites (tertiary alicyclic amines) is 1. The van der Waals surface area contributed by atoms with E-state index in [0.29, 0.717) is 6.04 Å². The topological polar surface area (TPSA) is 44.3 Å². The number of nitrogens with one attached hydrogen (secondary N) is 1. The van der Waals surface area contributed by atoms with Gasteiger partial charge in [0.25, 0.3) is 0 Å². The summed E-state index contributed by atoms with van der Waals surface area (Å²) >= 11 is 0. The summed E-state index contributed by atoms with van der Waals surface area (Å²) in [5.74, 6) is 1.93. The van der Waals surface area contributed by atoms with E-state index in [4.69, 9.17) is 4.98 Å². The first-order valence-electron chi connectivity index (χ1n) is 12.5. The van der Waals surface area contributed by atoms with Crippen LogP contribution < -0.4 is 10.2 Å². The summed E-state index contributed by atoms with van der Waals surface area (Å²) in [6.45, 7) is 4.65. The molecule has 1 aromatic rings. The van der Waals surface area contributed by atoms with E-state index in [1.807, 2.05) is 6.20 Å². The van der Waals surface area contributed by atoms with Crippen LogP contribution in [-0.4, -0.2) is 53.1 Å². The van der Waals surface area contributed by atoms with Crippen molar-refractivity contribution in [2.45, 2.75) is 102 Å². The van der Waals surface area contributed by atoms with E-state index in [1.54, 1.807) is 0 Å². The summed E-state index contributed by atoms with van der Waals surface area (Å²) in [5.41, 5.74) is 0. The minimum absolute atomic E-state index is 0.491. The summed E-state index contributed by atoms with van der Waals surface area (Å²) in [5, 5.41) is 3.66. The van der Waals surface area contributed by atoms with Gasteiger partial charge >= 0.3 is 0 Å². The first-order chi connectivity index (χ1) is 14.4. The molecule has 1 atom stereocenters. The second kappa shape index (κ2) is 11.1. The lowest BCUT2D eigenvalue weighted by atomic mass is 9.96. The third-order valence-corrected chi connectivity index (χ3v) is 7.21. The standard InChI is InChI=1S/C24H41N5/c1-2-4-8-12-22(13-9-5-3-1)29-19-15-21(20-29)26-24-25-16-14-23(27-24)28-17-10-6-7-11-18-28/h14,16,21-22H,1-13,15,17-20H2,(H,25,26,27). The van der Waals surface area contributed by atoms with Crippen LogP contribution in [-0.2, 0) is 0 Å². The molecule has 0 spiro atoms. The molecule has 162 valence electrons. The SMILES string of the molecule is c1cc(N2CCCCCC2)nc(NC2CCN(C3CCCCCCCCC3)C2)n1. The van der Waals surface area contributed by atoms with Gasteiger partial charge in [-0.1, -0.05) is 57.8 Å². The zero-order valence-corrected chi connectivity index (χ0v) is 18.3. The molecule has 1 unspecified atom stereocenters. The predicted octanol–water partition coefficient (Wildman–Crippen LogP) is 5.24. The van der Waals surface area contributed by atoms with E-state index in [9.17, 15) is 0 Å². The Labute approximate surface area is 177 Å². The monoisotopic (exact) mass is 399 g/mol. The zero-order valence-electron chi connectivity index (χ0n) is 18.3. The van der Waals surface area contributed by atoms with E-state index in [2.05, 4.69) is 26.2 Å². The predicted molar refractivity (Wildman–Crippen MR) is 122 cm³/mol. The van der Waals surface area contributed by atoms with Gasteiger partial charge < -0.3 is 10.2 Å². The minimum Gasteiger partial charge on any atom is -0.356 e. The second-order valence-electron chi connectivity index (χ2n) is 9.47. The van der Waals surface area contributed by atoms with Gasteiger partial charge in [-0.3, -0.25) is 4.90 Å². The van der Waals surface area contributed by atoms with E-state index in [1.165, 1.54) is 96.4 Å². The van der Waals surface area contributed by atoms with E-state index >= 15 is 0 Å². The van der Waals surface area contributed by atoms with E-state index in [-0.39, 0.29) is 0 Å². The molecule has 0 amide bonds. The van der Waals surface area contributed by atoms with Crippen LogP contribution in [0.5, 0.6) is 0 Å². The smallest absolute Gasteiger partial charge is 0.224 e. The van der Waals surface area contributed by atoms with Crippen molar-refractivity contribution in [2.75, 3.05) is 36.4 Å². The third kappa shape index (κ3) is 6.31. The second-order valence-corrected chi connectivity index (χ2v) is 9.47. The maximum absolute atomic E-state index is 4.87. The zero-order chi connectivity index (χ0) is 19.7. The lowest BCUT2D eigenvalue weighted by molar-refractivity contribution is 0.205. The summed E-state index contributed by atoms with van der Waals surface area (Å²) in [7, 11) is 0. The van der Waals surface area contributed by atoms with Crippen molar-refractivity contribution >= 4 is 11.8 Å². The van der Waals surface area contributed by atoms with Crippen LogP contribution in [0.4, 0.5) is 11.8 Å². The molecule has 3 heterocycles. The van der Waals surface area contributed by atoms with Crippen molar-refractivity contribution in [3.63, 3.8) is 0 Å². The van der Waals surface area contributed by atoms with Crippen LogP contribution >= 0.6 is 0 Å². The highest BCUT2D eigenvalue weighted by molar-refractivity contribution is 5.43. The van der Waals surface area contributed by atoms with E-state index < -0.39 is 0 Å². The van der Waals surface area contributed by atoms with Gasteiger partial charge in [-0.05, 0) is 38.2 Å². The van der Waals surface area contributed by atoms with Crippen molar-refractivity contribution in [1.29, 1.82) is 0 Å². The summed E-state index contributed by atoms with van der Waals surface area (Å²) in [6.07, 6.45) is 21.3. The van der Waals surface area contributed by atoms with Gasteiger partial charge in [0.05, 0.1) is 0 Å². The highest BCUT2D eigenvalue weighted by atomic mass is 15.3. The molecule has 0 radical (unpaired) electrons. The van der Waals surface area contributed by atoms with Crippen molar-refractivity contribution < 1.29 is 0 Å². The summed E-state index contributed by atoms with van der Waals surface area (Å²) < 4.78 is 0. The van der Waals surface area contributed by atoms with Crippen LogP contribution in [0.15, 0.2) is 12.3 Å². The molecule has 1 aliphatic carbocycles. The fourth-order valence-electron chi connectivity index (χ4n) is 5.47. The van der Waals surface area contributed by atoms with Crippen molar-refractivity contribution in [1.82, 2.24) is 14.9 Å². The molecule has 1 N–H and O–H groups in total. The van der Waals surface area contributed by atoms with Crippen LogP contribution in [0.1, 0.15) is 89.9 Å². The quantitative estimate of drug-likeness (QED) is 0.750. The van der Waals surface area contributed by atoms with Gasteiger partial charge in [-0.15, -0.1) is 0 Å². The van der Waals surface area contributed by atoms with Crippen LogP contribution in [0.2, 0.25) is 0 Å². The van der Waals surface area contributed by atoms with Crippen LogP contribution in [0.3, 0.4) is 0 Å². The van der Waals surface area contributed by atoms with Crippen LogP contribution in [0, 0.1) is 0 Å². The third-order valence-electron chi connectivity index (χ3n) is 7.21. The normalized spacial score (nSPS) is 26.2. The minimum atomic E-state index is 0.491. The van der Waals surface area contributed by atoms with Crippen LogP contribution in [0.25, 0.3) is 0 Å². The Bertz CT molecular complexity index is 589. The maximum atomic E-state index is 4.87. The van der Waals surface area contributed by atoms with Gasteiger partial charge in [0.15, 0.2) is 0 Å². The number of hydrogen-bond donors (Lipinski definition) is 1. The number of nitrogens with zero attached hydrogens (tertiary/aromatic N) is 4. The summed E-state index contributed by atoms with van der Waals surface area (Å²) in [4.78, 5) is 14.6. The average Bonchev–Trinajstić information content (AvgIpc) is 3.04. The molecule has 1 aromatic heterocycles. The van der Waals surface area contributed by atoms with E-state index in [0.717, 1.165) is 37.4 Å². The molecular formula is C24H41N5. The molecule has 5 nitrogen and oxygen atoms in total. The Morgan fingerprint density at radius 3 is 2.14 bits per heavy atom. The van der Waals surface area contributed by atoms with Gasteiger partial charge in [0.1, 0.15) is 5.82 Å². The molecular weight excluding hydrogens is 358 g/mol. The molecule has 2 aliphatic heterocycles. The molecule has 0 bridgehead atoms. The molecule has 0 aromatic carbocycles. The Kier molecular flexibility index (Phi) is 8.03. The fraction of sp³-hybridized carbons (Fsp3) is 0.833. The lowest BCUT2D eigenvalue weighted by Gasteiger charge is -2.29. The van der Waals surface area contributed by atoms with Crippen molar-refractivity contribution in [3.8, 4) is 0 Å². The lowest BCUT2D eigenvalue weighted by Crippen LogP contribution is -2.35. The highest BCUT2D eigenvalue weighted by Crippen LogP contribution is 2.25. The Hall–Kier alpha value is -1.36. The fourth-order valence-corrected chi connectivity index (χ4v) is 5.47. The maximum Gasteiger partial charge on any atom is 0.224 e. The Morgan fingerprint density at radius 1 is 0.759 bits per heavy atom. The van der Waals surface area contributed by atoms with Gasteiger partial charge in [0.2, 0.25) is 5.95 Å². The van der Waals surface area contributed by atoms with Gasteiger partial charge in [-0.2, -0.15) is 4.98 Å². The first kappa shape index (κ1) is 20.9. The Morgan fingerprint density at radius 2 is 1.41 bits per heavy atom. The molecule has 3 fully saturated rings. The number of rotatable bonds is 4. The van der Waals surface area contributed by atoms with Gasteiger partial charge in [0, 0.05) is 44.5 Å².